The highest BCUT2D eigenvalue weighted by Crippen LogP contribution is 2.29. The maximum Gasteiger partial charge on any atom is 0.126 e. The van der Waals surface area contributed by atoms with E-state index in [4.69, 9.17) is 10.5 Å². The van der Waals surface area contributed by atoms with Gasteiger partial charge in [0.2, 0.25) is 0 Å². The largest absolute Gasteiger partial charge is 0.372 e. The molecular weight excluding hydrogens is 348 g/mol. The molecule has 0 saturated heterocycles. The molecule has 1 heterocycles. The molecule has 2 unspecified atom stereocenters. The molecule has 0 aliphatic heterocycles. The van der Waals surface area contributed by atoms with Crippen LogP contribution < -0.4 is 16.4 Å². The number of hydrogen-bond donors (Lipinski definition) is 3. The summed E-state index contributed by atoms with van der Waals surface area (Å²) in [5, 5.41) is 7.12. The van der Waals surface area contributed by atoms with E-state index >= 15 is 0 Å². The highest BCUT2D eigenvalue weighted by Gasteiger charge is 2.39. The molecule has 0 bridgehead atoms. The molecular formula is C23H32N4O. The minimum absolute atomic E-state index is 0.342. The van der Waals surface area contributed by atoms with Gasteiger partial charge < -0.3 is 21.1 Å². The van der Waals surface area contributed by atoms with Crippen molar-refractivity contribution in [2.45, 2.75) is 76.4 Å². The Kier molecular flexibility index (Phi) is 6.25. The van der Waals surface area contributed by atoms with E-state index < -0.39 is 0 Å². The van der Waals surface area contributed by atoms with Gasteiger partial charge in [0.05, 0.1) is 12.7 Å². The molecule has 1 aromatic carbocycles. The van der Waals surface area contributed by atoms with Crippen molar-refractivity contribution >= 4 is 5.82 Å². The number of hydrogen-bond acceptors (Lipinski definition) is 5. The molecule has 0 spiro atoms. The van der Waals surface area contributed by atoms with Crippen molar-refractivity contribution in [2.24, 2.45) is 5.73 Å². The van der Waals surface area contributed by atoms with Crippen molar-refractivity contribution in [1.29, 1.82) is 0 Å². The van der Waals surface area contributed by atoms with E-state index in [9.17, 15) is 0 Å². The van der Waals surface area contributed by atoms with Crippen LogP contribution in [0.5, 0.6) is 0 Å². The second-order valence-corrected chi connectivity index (χ2v) is 8.36. The fraction of sp³-hybridized carbons (Fsp3) is 0.522. The first-order chi connectivity index (χ1) is 13.7. The predicted molar refractivity (Wildman–Crippen MR) is 113 cm³/mol. The minimum Gasteiger partial charge on any atom is -0.372 e. The minimum atomic E-state index is 0.342. The van der Waals surface area contributed by atoms with E-state index in [0.29, 0.717) is 30.8 Å². The van der Waals surface area contributed by atoms with Crippen LogP contribution in [0.15, 0.2) is 42.6 Å². The first-order valence-electron chi connectivity index (χ1n) is 10.5. The van der Waals surface area contributed by atoms with Crippen LogP contribution in [0.2, 0.25) is 0 Å². The zero-order valence-electron chi connectivity index (χ0n) is 16.7. The lowest BCUT2D eigenvalue weighted by Crippen LogP contribution is -2.39. The lowest BCUT2D eigenvalue weighted by molar-refractivity contribution is 0.0969. The van der Waals surface area contributed by atoms with E-state index in [1.165, 1.54) is 24.0 Å². The van der Waals surface area contributed by atoms with Crippen LogP contribution in [0.1, 0.15) is 48.8 Å². The summed E-state index contributed by atoms with van der Waals surface area (Å²) in [7, 11) is 0. The molecule has 150 valence electrons. The summed E-state index contributed by atoms with van der Waals surface area (Å²) in [6.45, 7) is 3.52. The summed E-state index contributed by atoms with van der Waals surface area (Å²) < 4.78 is 6.05. The van der Waals surface area contributed by atoms with E-state index in [-0.39, 0.29) is 0 Å². The Morgan fingerprint density at radius 3 is 2.71 bits per heavy atom. The van der Waals surface area contributed by atoms with Gasteiger partial charge in [0.25, 0.3) is 0 Å². The SMILES string of the molecule is Cc1cccc(CNc2ccc(COC3CC3NC3CCC(N)CC3)cn2)c1. The van der Waals surface area contributed by atoms with Gasteiger partial charge in [0.15, 0.2) is 0 Å². The molecule has 5 nitrogen and oxygen atoms in total. The number of aromatic nitrogens is 1. The van der Waals surface area contributed by atoms with Gasteiger partial charge in [-0.2, -0.15) is 0 Å². The highest BCUT2D eigenvalue weighted by molar-refractivity contribution is 5.37. The van der Waals surface area contributed by atoms with Crippen LogP contribution in [0, 0.1) is 6.92 Å². The molecule has 1 aromatic heterocycles. The highest BCUT2D eigenvalue weighted by atomic mass is 16.5. The number of benzene rings is 1. The second kappa shape index (κ2) is 9.03. The van der Waals surface area contributed by atoms with Gasteiger partial charge >= 0.3 is 0 Å². The quantitative estimate of drug-likeness (QED) is 0.654. The number of nitrogens with two attached hydrogens (primary N) is 1. The molecule has 4 N–H and O–H groups in total. The van der Waals surface area contributed by atoms with Crippen molar-refractivity contribution in [3.05, 3.63) is 59.3 Å². The molecule has 2 saturated carbocycles. The van der Waals surface area contributed by atoms with Gasteiger partial charge in [-0.15, -0.1) is 0 Å². The first kappa shape index (κ1) is 19.4. The number of nitrogens with one attached hydrogen (secondary N) is 2. The molecule has 5 heteroatoms. The topological polar surface area (TPSA) is 72.2 Å². The van der Waals surface area contributed by atoms with Crippen LogP contribution in [-0.2, 0) is 17.9 Å². The van der Waals surface area contributed by atoms with Crippen LogP contribution in [0.3, 0.4) is 0 Å². The summed E-state index contributed by atoms with van der Waals surface area (Å²) in [5.74, 6) is 0.895. The second-order valence-electron chi connectivity index (χ2n) is 8.36. The number of nitrogens with zero attached hydrogens (tertiary/aromatic N) is 1. The third kappa shape index (κ3) is 5.53. The van der Waals surface area contributed by atoms with Gasteiger partial charge in [-0.05, 0) is 56.2 Å². The lowest BCUT2D eigenvalue weighted by atomic mass is 9.92. The van der Waals surface area contributed by atoms with Gasteiger partial charge in [-0.3, -0.25) is 0 Å². The Hall–Kier alpha value is -1.95. The summed E-state index contributed by atoms with van der Waals surface area (Å²) in [6, 6.07) is 14.2. The molecule has 0 radical (unpaired) electrons. The third-order valence-electron chi connectivity index (χ3n) is 5.80. The predicted octanol–water partition coefficient (Wildman–Crippen LogP) is 3.52. The summed E-state index contributed by atoms with van der Waals surface area (Å²) >= 11 is 0. The van der Waals surface area contributed by atoms with Gasteiger partial charge in [-0.1, -0.05) is 35.9 Å². The molecule has 28 heavy (non-hydrogen) atoms. The zero-order valence-corrected chi connectivity index (χ0v) is 16.7. The number of pyridine rings is 1. The maximum absolute atomic E-state index is 6.05. The summed E-state index contributed by atoms with van der Waals surface area (Å²) in [5.41, 5.74) is 9.65. The number of ether oxygens (including phenoxy) is 1. The molecule has 2 aliphatic rings. The Bertz CT molecular complexity index is 755. The van der Waals surface area contributed by atoms with Gasteiger partial charge in [0, 0.05) is 30.9 Å². The van der Waals surface area contributed by atoms with E-state index in [1.54, 1.807) is 0 Å². The van der Waals surface area contributed by atoms with Crippen LogP contribution in [0.25, 0.3) is 0 Å². The van der Waals surface area contributed by atoms with Crippen molar-refractivity contribution in [3.8, 4) is 0 Å². The van der Waals surface area contributed by atoms with Crippen molar-refractivity contribution in [1.82, 2.24) is 10.3 Å². The fourth-order valence-electron chi connectivity index (χ4n) is 3.95. The monoisotopic (exact) mass is 380 g/mol. The molecule has 2 aromatic rings. The standard InChI is InChI=1S/C23H32N4O/c1-16-3-2-4-17(11-16)13-25-23-10-5-18(14-26-23)15-28-22-12-21(22)27-20-8-6-19(24)7-9-20/h2-5,10-11,14,19-22,27H,6-9,12-13,15,24H2,1H3,(H,25,26). The summed E-state index contributed by atoms with van der Waals surface area (Å²) in [6.07, 6.45) is 8.06. The van der Waals surface area contributed by atoms with Gasteiger partial charge in [-0.25, -0.2) is 4.98 Å². The summed E-state index contributed by atoms with van der Waals surface area (Å²) in [4.78, 5) is 4.52. The smallest absolute Gasteiger partial charge is 0.126 e. The number of rotatable bonds is 8. The Labute approximate surface area is 168 Å². The van der Waals surface area contributed by atoms with Crippen LogP contribution in [-0.4, -0.2) is 29.2 Å². The lowest BCUT2D eigenvalue weighted by Gasteiger charge is -2.27. The van der Waals surface area contributed by atoms with Crippen molar-refractivity contribution in [3.63, 3.8) is 0 Å². The first-order valence-corrected chi connectivity index (χ1v) is 10.5. The molecule has 2 atom stereocenters. The average Bonchev–Trinajstić information content (AvgIpc) is 3.45. The molecule has 2 fully saturated rings. The van der Waals surface area contributed by atoms with Crippen molar-refractivity contribution in [2.75, 3.05) is 5.32 Å². The Morgan fingerprint density at radius 2 is 1.96 bits per heavy atom. The fourth-order valence-corrected chi connectivity index (χ4v) is 3.95. The zero-order chi connectivity index (χ0) is 19.3. The average molecular weight is 381 g/mol. The number of anilines is 1. The maximum atomic E-state index is 6.05. The van der Waals surface area contributed by atoms with Crippen LogP contribution in [0.4, 0.5) is 5.82 Å². The normalized spacial score (nSPS) is 26.8. The number of aryl methyl sites for hydroxylation is 1. The van der Waals surface area contributed by atoms with Gasteiger partial charge in [0.1, 0.15) is 5.82 Å². The molecule has 4 rings (SSSR count). The molecule has 0 amide bonds. The van der Waals surface area contributed by atoms with E-state index in [2.05, 4.69) is 52.9 Å². The van der Waals surface area contributed by atoms with Crippen LogP contribution >= 0.6 is 0 Å². The third-order valence-corrected chi connectivity index (χ3v) is 5.80. The van der Waals surface area contributed by atoms with E-state index in [1.807, 2.05) is 12.3 Å². The Morgan fingerprint density at radius 1 is 1.11 bits per heavy atom. The van der Waals surface area contributed by atoms with E-state index in [0.717, 1.165) is 37.2 Å². The Balaban J connectivity index is 1.16. The van der Waals surface area contributed by atoms with Crippen molar-refractivity contribution < 1.29 is 4.74 Å². The molecule has 2 aliphatic carbocycles.